The molecule has 3 heterocycles. The summed E-state index contributed by atoms with van der Waals surface area (Å²) in [6.07, 6.45) is 10.2. The second-order valence-electron chi connectivity index (χ2n) is 9.40. The van der Waals surface area contributed by atoms with E-state index in [0.717, 1.165) is 24.1 Å². The van der Waals surface area contributed by atoms with Crippen molar-refractivity contribution in [2.45, 2.75) is 44.8 Å². The van der Waals surface area contributed by atoms with Crippen molar-refractivity contribution in [3.8, 4) is 17.3 Å². The van der Waals surface area contributed by atoms with Crippen molar-refractivity contribution in [2.75, 3.05) is 18.4 Å². The zero-order valence-electron chi connectivity index (χ0n) is 19.5. The Morgan fingerprint density at radius 1 is 1.26 bits per heavy atom. The van der Waals surface area contributed by atoms with Gasteiger partial charge < -0.3 is 15.3 Å². The topological polar surface area (TPSA) is 120 Å². The predicted octanol–water partition coefficient (Wildman–Crippen LogP) is 3.62. The van der Waals surface area contributed by atoms with Gasteiger partial charge in [0.1, 0.15) is 0 Å². The number of β-amino-alcohol motifs (C(OH)–C–C–N with tert-alkyl or cyclic N) is 1. The Labute approximate surface area is 204 Å². The first-order valence-electron chi connectivity index (χ1n) is 12.2. The van der Waals surface area contributed by atoms with E-state index in [2.05, 4.69) is 26.5 Å². The van der Waals surface area contributed by atoms with Crippen LogP contribution in [0.15, 0.2) is 48.9 Å². The Balaban J connectivity index is 1.27. The number of nitrogens with zero attached hydrogens (tertiary/aromatic N) is 6. The Hall–Kier alpha value is -3.77. The maximum Gasteiger partial charge on any atom is 0.254 e. The summed E-state index contributed by atoms with van der Waals surface area (Å²) in [4.78, 5) is 23.4. The molecular formula is C26H29N7O2. The number of anilines is 2. The van der Waals surface area contributed by atoms with Crippen molar-refractivity contribution in [1.29, 1.82) is 5.26 Å². The van der Waals surface area contributed by atoms with Crippen LogP contribution in [0, 0.1) is 23.2 Å². The van der Waals surface area contributed by atoms with E-state index in [1.807, 2.05) is 29.1 Å². The van der Waals surface area contributed by atoms with Gasteiger partial charge in [-0.25, -0.2) is 9.97 Å². The number of carbonyl (C=O) groups is 1. The van der Waals surface area contributed by atoms with Gasteiger partial charge in [0.25, 0.3) is 5.91 Å². The van der Waals surface area contributed by atoms with Crippen molar-refractivity contribution in [3.63, 3.8) is 0 Å². The second kappa shape index (κ2) is 10.2. The number of aliphatic hydroxyl groups excluding tert-OH is 1. The summed E-state index contributed by atoms with van der Waals surface area (Å²) in [7, 11) is 0. The molecule has 5 rings (SSSR count). The molecule has 2 aromatic heterocycles. The summed E-state index contributed by atoms with van der Waals surface area (Å²) in [5.41, 5.74) is 2.84. The van der Waals surface area contributed by atoms with Crippen LogP contribution in [0.25, 0.3) is 11.3 Å². The van der Waals surface area contributed by atoms with Crippen LogP contribution in [0.5, 0.6) is 0 Å². The van der Waals surface area contributed by atoms with Crippen molar-refractivity contribution < 1.29 is 9.90 Å². The summed E-state index contributed by atoms with van der Waals surface area (Å²) in [5, 5.41) is 27.0. The fraction of sp³-hybridized carbons (Fsp3) is 0.423. The minimum absolute atomic E-state index is 0.0216. The summed E-state index contributed by atoms with van der Waals surface area (Å²) in [6.45, 7) is 1.52. The van der Waals surface area contributed by atoms with Gasteiger partial charge in [0.15, 0.2) is 0 Å². The molecule has 9 heteroatoms. The summed E-state index contributed by atoms with van der Waals surface area (Å²) >= 11 is 0. The molecular weight excluding hydrogens is 442 g/mol. The number of amides is 1. The third-order valence-electron chi connectivity index (χ3n) is 6.92. The van der Waals surface area contributed by atoms with E-state index in [0.29, 0.717) is 49.2 Å². The average molecular weight is 472 g/mol. The molecule has 2 N–H and O–H groups in total. The average Bonchev–Trinajstić information content (AvgIpc) is 3.65. The van der Waals surface area contributed by atoms with E-state index in [4.69, 9.17) is 0 Å². The van der Waals surface area contributed by atoms with Gasteiger partial charge in [0.05, 0.1) is 36.5 Å². The first-order valence-corrected chi connectivity index (χ1v) is 12.2. The molecule has 1 aliphatic carbocycles. The second-order valence-corrected chi connectivity index (χ2v) is 9.40. The maximum atomic E-state index is 12.7. The molecule has 1 saturated heterocycles. The fourth-order valence-electron chi connectivity index (χ4n) is 5.00. The van der Waals surface area contributed by atoms with E-state index in [9.17, 15) is 15.2 Å². The highest BCUT2D eigenvalue weighted by molar-refractivity contribution is 5.95. The van der Waals surface area contributed by atoms with Crippen molar-refractivity contribution in [3.05, 3.63) is 54.5 Å². The van der Waals surface area contributed by atoms with Crippen LogP contribution in [-0.4, -0.2) is 54.9 Å². The van der Waals surface area contributed by atoms with Crippen molar-refractivity contribution in [1.82, 2.24) is 24.6 Å². The zero-order valence-corrected chi connectivity index (χ0v) is 19.5. The smallest absolute Gasteiger partial charge is 0.254 e. The lowest BCUT2D eigenvalue weighted by atomic mass is 9.92. The van der Waals surface area contributed by atoms with Gasteiger partial charge in [-0.15, -0.1) is 0 Å². The molecule has 9 nitrogen and oxygen atoms in total. The van der Waals surface area contributed by atoms with Crippen LogP contribution in [-0.2, 0) is 6.54 Å². The van der Waals surface area contributed by atoms with E-state index < -0.39 is 6.10 Å². The lowest BCUT2D eigenvalue weighted by Crippen LogP contribution is -2.29. The highest BCUT2D eigenvalue weighted by Crippen LogP contribution is 2.32. The molecule has 0 spiro atoms. The molecule has 2 aliphatic rings. The number of hydrogen-bond acceptors (Lipinski definition) is 7. The highest BCUT2D eigenvalue weighted by Gasteiger charge is 2.26. The third kappa shape index (κ3) is 5.33. The van der Waals surface area contributed by atoms with Gasteiger partial charge in [0.2, 0.25) is 5.95 Å². The summed E-state index contributed by atoms with van der Waals surface area (Å²) in [5.74, 6) is 0.755. The van der Waals surface area contributed by atoms with E-state index in [1.54, 1.807) is 29.4 Å². The normalized spacial score (nSPS) is 19.0. The van der Waals surface area contributed by atoms with Gasteiger partial charge in [-0.3, -0.25) is 9.48 Å². The number of aromatic nitrogens is 4. The Morgan fingerprint density at radius 3 is 2.89 bits per heavy atom. The molecule has 35 heavy (non-hydrogen) atoms. The Morgan fingerprint density at radius 2 is 2.11 bits per heavy atom. The number of nitrogens with one attached hydrogen (secondary N) is 1. The molecule has 2 fully saturated rings. The van der Waals surface area contributed by atoms with Gasteiger partial charge in [-0.2, -0.15) is 10.4 Å². The Bertz CT molecular complexity index is 1230. The predicted molar refractivity (Wildman–Crippen MR) is 131 cm³/mol. The zero-order chi connectivity index (χ0) is 24.2. The largest absolute Gasteiger partial charge is 0.391 e. The number of benzene rings is 1. The first-order chi connectivity index (χ1) is 17.1. The van der Waals surface area contributed by atoms with Crippen LogP contribution in [0.3, 0.4) is 0 Å². The van der Waals surface area contributed by atoms with Crippen LogP contribution in [0.4, 0.5) is 11.6 Å². The minimum Gasteiger partial charge on any atom is -0.391 e. The maximum absolute atomic E-state index is 12.7. The number of rotatable bonds is 7. The number of aliphatic hydroxyl groups is 1. The number of hydrogen-bond donors (Lipinski definition) is 2. The monoisotopic (exact) mass is 471 g/mol. The molecule has 1 amide bonds. The van der Waals surface area contributed by atoms with Gasteiger partial charge in [0, 0.05) is 42.3 Å². The Kier molecular flexibility index (Phi) is 6.73. The molecule has 3 aromatic rings. The molecule has 1 aliphatic heterocycles. The molecule has 0 bridgehead atoms. The molecule has 1 aromatic carbocycles. The summed E-state index contributed by atoms with van der Waals surface area (Å²) in [6, 6.07) is 11.5. The SMILES string of the molecule is N#CC(Cn1cc(-c2ccnc(Nc3cccc(C(=O)N4CCC(O)C4)c3)n2)cn1)C1CCCC1. The third-order valence-corrected chi connectivity index (χ3v) is 6.92. The van der Waals surface area contributed by atoms with Crippen LogP contribution < -0.4 is 5.32 Å². The van der Waals surface area contributed by atoms with Crippen molar-refractivity contribution >= 4 is 17.5 Å². The fourth-order valence-corrected chi connectivity index (χ4v) is 5.00. The van der Waals surface area contributed by atoms with Gasteiger partial charge in [-0.1, -0.05) is 18.9 Å². The molecule has 1 saturated carbocycles. The van der Waals surface area contributed by atoms with Crippen LogP contribution in [0.1, 0.15) is 42.5 Å². The lowest BCUT2D eigenvalue weighted by molar-refractivity contribution is 0.0765. The van der Waals surface area contributed by atoms with E-state index in [1.165, 1.54) is 12.8 Å². The standard InChI is InChI=1S/C26H29N7O2/c27-13-20(18-4-1-2-5-18)15-33-16-21(14-29-33)24-8-10-28-26(31-24)30-22-7-3-6-19(12-22)25(35)32-11-9-23(34)17-32/h3,6-8,10,12,14,16,18,20,23,34H,1-2,4-5,9,11,15,17H2,(H,28,30,31). The minimum atomic E-state index is -0.450. The van der Waals surface area contributed by atoms with E-state index in [-0.39, 0.29) is 11.8 Å². The van der Waals surface area contributed by atoms with E-state index >= 15 is 0 Å². The van der Waals surface area contributed by atoms with Crippen LogP contribution >= 0.6 is 0 Å². The highest BCUT2D eigenvalue weighted by atomic mass is 16.3. The molecule has 2 unspecified atom stereocenters. The van der Waals surface area contributed by atoms with Gasteiger partial charge in [-0.05, 0) is 49.4 Å². The quantitative estimate of drug-likeness (QED) is 0.540. The van der Waals surface area contributed by atoms with Crippen LogP contribution in [0.2, 0.25) is 0 Å². The number of carbonyl (C=O) groups excluding carboxylic acids is 1. The van der Waals surface area contributed by atoms with Crippen molar-refractivity contribution in [2.24, 2.45) is 11.8 Å². The molecule has 2 atom stereocenters. The molecule has 180 valence electrons. The van der Waals surface area contributed by atoms with Gasteiger partial charge >= 0.3 is 0 Å². The first kappa shape index (κ1) is 23.0. The number of likely N-dealkylation sites (tertiary alicyclic amines) is 1. The number of nitriles is 1. The lowest BCUT2D eigenvalue weighted by Gasteiger charge is -2.16. The molecule has 0 radical (unpaired) electrons. The summed E-state index contributed by atoms with van der Waals surface area (Å²) < 4.78 is 1.83.